The molecule has 293 valence electrons. The molecule has 2 aromatic carbocycles. The topological polar surface area (TPSA) is 87.5 Å². The summed E-state index contributed by atoms with van der Waals surface area (Å²) in [6, 6.07) is 18.7. The molecule has 0 unspecified atom stereocenters. The van der Waals surface area contributed by atoms with E-state index in [1.54, 1.807) is 12.0 Å². The number of piperazine rings is 1. The average Bonchev–Trinajstić information content (AvgIpc) is 3.76. The van der Waals surface area contributed by atoms with E-state index in [0.29, 0.717) is 39.3 Å². The smallest absolute Gasteiger partial charge is 0.445 e. The molecule has 2 aliphatic heterocycles. The summed E-state index contributed by atoms with van der Waals surface area (Å²) in [5, 5.41) is 1.17. The van der Waals surface area contributed by atoms with Crippen molar-refractivity contribution in [3.63, 3.8) is 0 Å². The standard InChI is InChI=1S/C44H58BN4O6/c1-30(2)52-24-23-49-38-16-15-33(45-54-42(4,5)43(6,7)55-45)25-35(38)37(27-44(8)17-18-44)40(49)36-26-34(28-46-39(36)31(3)51-9)47-19-21-48(22-20-47)41(50)53-29-32-13-11-10-12-14-32/h10-16,25-26,28,30-31H,8,17-24,27,29H2,1-7,9H3/t31-/m0/s1. The maximum absolute atomic E-state index is 13.0. The molecule has 0 spiro atoms. The van der Waals surface area contributed by atoms with Gasteiger partial charge in [0.05, 0.1) is 53.3 Å². The predicted molar refractivity (Wildman–Crippen MR) is 219 cm³/mol. The van der Waals surface area contributed by atoms with Crippen molar-refractivity contribution in [1.29, 1.82) is 0 Å². The van der Waals surface area contributed by atoms with Crippen LogP contribution in [0.4, 0.5) is 10.5 Å². The van der Waals surface area contributed by atoms with Crippen LogP contribution in [0.2, 0.25) is 0 Å². The van der Waals surface area contributed by atoms with Crippen LogP contribution >= 0.6 is 0 Å². The van der Waals surface area contributed by atoms with Crippen LogP contribution in [0.5, 0.6) is 0 Å². The molecule has 11 heteroatoms. The molecule has 4 heterocycles. The van der Waals surface area contributed by atoms with Crippen molar-refractivity contribution in [3.8, 4) is 11.3 Å². The fourth-order valence-electron chi connectivity index (χ4n) is 7.62. The highest BCUT2D eigenvalue weighted by atomic mass is 16.7. The number of hydrogen-bond donors (Lipinski definition) is 0. The van der Waals surface area contributed by atoms with E-state index in [4.69, 9.17) is 35.4 Å². The highest BCUT2D eigenvalue weighted by molar-refractivity contribution is 6.62. The summed E-state index contributed by atoms with van der Waals surface area (Å²) in [5.74, 6) is 0. The number of ether oxygens (including phenoxy) is 3. The maximum Gasteiger partial charge on any atom is 0.494 e. The van der Waals surface area contributed by atoms with Gasteiger partial charge in [-0.1, -0.05) is 42.5 Å². The zero-order valence-corrected chi connectivity index (χ0v) is 34.0. The molecule has 0 N–H and O–H groups in total. The van der Waals surface area contributed by atoms with Gasteiger partial charge in [-0.15, -0.1) is 0 Å². The zero-order chi connectivity index (χ0) is 39.1. The third-order valence-corrected chi connectivity index (χ3v) is 12.0. The second-order valence-electron chi connectivity index (χ2n) is 17.0. The van der Waals surface area contributed by atoms with Gasteiger partial charge in [-0.25, -0.2) is 4.79 Å². The highest BCUT2D eigenvalue weighted by Crippen LogP contribution is 2.51. The first-order valence-corrected chi connectivity index (χ1v) is 19.9. The van der Waals surface area contributed by atoms with Crippen molar-refractivity contribution in [2.75, 3.05) is 44.8 Å². The van der Waals surface area contributed by atoms with Crippen LogP contribution in [0.3, 0.4) is 0 Å². The van der Waals surface area contributed by atoms with E-state index in [9.17, 15) is 4.79 Å². The first-order chi connectivity index (χ1) is 26.2. The molecule has 55 heavy (non-hydrogen) atoms. The van der Waals surface area contributed by atoms with E-state index >= 15 is 0 Å². The van der Waals surface area contributed by atoms with Crippen molar-refractivity contribution in [2.24, 2.45) is 5.41 Å². The minimum Gasteiger partial charge on any atom is -0.445 e. The van der Waals surface area contributed by atoms with Gasteiger partial charge in [0.2, 0.25) is 0 Å². The van der Waals surface area contributed by atoms with Crippen molar-refractivity contribution >= 4 is 35.3 Å². The summed E-state index contributed by atoms with van der Waals surface area (Å²) in [7, 11) is 1.26. The number of benzene rings is 2. The molecule has 7 rings (SSSR count). The fraction of sp³-hybridized carbons (Fsp3) is 0.523. The Balaban J connectivity index is 1.27. The van der Waals surface area contributed by atoms with E-state index in [-0.39, 0.29) is 30.3 Å². The third-order valence-electron chi connectivity index (χ3n) is 12.0. The summed E-state index contributed by atoms with van der Waals surface area (Å²) < 4.78 is 33.3. The largest absolute Gasteiger partial charge is 0.494 e. The molecule has 1 aliphatic carbocycles. The Morgan fingerprint density at radius 3 is 2.29 bits per heavy atom. The molecule has 2 saturated heterocycles. The summed E-state index contributed by atoms with van der Waals surface area (Å²) >= 11 is 0. The lowest BCUT2D eigenvalue weighted by Gasteiger charge is -2.35. The number of anilines is 1. The number of carbonyl (C=O) groups excluding carboxylic acids is 1. The molecule has 3 fully saturated rings. The average molecular weight is 750 g/mol. The van der Waals surface area contributed by atoms with Gasteiger partial charge >= 0.3 is 13.2 Å². The lowest BCUT2D eigenvalue weighted by Crippen LogP contribution is -2.49. The van der Waals surface area contributed by atoms with Crippen LogP contribution < -0.4 is 10.4 Å². The Hall–Kier alpha value is -3.90. The third kappa shape index (κ3) is 8.31. The minimum atomic E-state index is -0.476. The first kappa shape index (κ1) is 39.3. The molecular formula is C44H58BN4O6. The highest BCUT2D eigenvalue weighted by Gasteiger charge is 2.52. The molecule has 1 radical (unpaired) electrons. The number of aromatic nitrogens is 2. The lowest BCUT2D eigenvalue weighted by molar-refractivity contribution is 0.00578. The second-order valence-corrected chi connectivity index (χ2v) is 17.0. The number of hydrogen-bond acceptors (Lipinski definition) is 8. The summed E-state index contributed by atoms with van der Waals surface area (Å²) in [6.07, 6.45) is 4.53. The molecule has 1 saturated carbocycles. The number of fused-ring (bicyclic) bond motifs is 1. The zero-order valence-electron chi connectivity index (χ0n) is 34.0. The summed E-state index contributed by atoms with van der Waals surface area (Å²) in [6.45, 7) is 23.2. The lowest BCUT2D eigenvalue weighted by atomic mass is 9.78. The Bertz CT molecular complexity index is 1970. The molecule has 0 bridgehead atoms. The van der Waals surface area contributed by atoms with E-state index in [1.807, 2.05) is 36.5 Å². The number of amides is 1. The van der Waals surface area contributed by atoms with Crippen LogP contribution in [0.1, 0.15) is 84.2 Å². The van der Waals surface area contributed by atoms with E-state index in [1.165, 1.54) is 10.9 Å². The minimum absolute atomic E-state index is 0.0217. The number of pyridine rings is 1. The Kier molecular flexibility index (Phi) is 11.1. The monoisotopic (exact) mass is 749 g/mol. The number of carbonyl (C=O) groups is 1. The van der Waals surface area contributed by atoms with Crippen molar-refractivity contribution < 1.29 is 28.3 Å². The van der Waals surface area contributed by atoms with Gasteiger partial charge in [0, 0.05) is 56.3 Å². The van der Waals surface area contributed by atoms with E-state index < -0.39 is 18.3 Å². The number of rotatable bonds is 13. The first-order valence-electron chi connectivity index (χ1n) is 19.9. The quantitative estimate of drug-likeness (QED) is 0.128. The maximum atomic E-state index is 13.0. The predicted octanol–water partition coefficient (Wildman–Crippen LogP) is 7.75. The van der Waals surface area contributed by atoms with Gasteiger partial charge < -0.3 is 37.9 Å². The van der Waals surface area contributed by atoms with Gasteiger partial charge in [-0.3, -0.25) is 4.98 Å². The number of nitrogens with zero attached hydrogens (tertiary/aromatic N) is 4. The summed E-state index contributed by atoms with van der Waals surface area (Å²) in [5.41, 5.74) is 7.49. The van der Waals surface area contributed by atoms with Crippen molar-refractivity contribution in [1.82, 2.24) is 14.5 Å². The van der Waals surface area contributed by atoms with Crippen LogP contribution in [0.25, 0.3) is 22.2 Å². The van der Waals surface area contributed by atoms with Gasteiger partial charge in [-0.2, -0.15) is 0 Å². The molecular weight excluding hydrogens is 691 g/mol. The fourth-order valence-corrected chi connectivity index (χ4v) is 7.62. The molecule has 3 aliphatic rings. The molecule has 1 atom stereocenters. The molecule has 4 aromatic rings. The van der Waals surface area contributed by atoms with E-state index in [0.717, 1.165) is 58.4 Å². The second kappa shape index (κ2) is 15.6. The van der Waals surface area contributed by atoms with Crippen molar-refractivity contribution in [2.45, 2.75) is 104 Å². The molecule has 2 aromatic heterocycles. The van der Waals surface area contributed by atoms with Crippen LogP contribution in [0.15, 0.2) is 60.8 Å². The van der Waals surface area contributed by atoms with Gasteiger partial charge in [-0.05, 0) is 109 Å². The molecule has 10 nitrogen and oxygen atoms in total. The van der Waals surface area contributed by atoms with Gasteiger partial charge in [0.15, 0.2) is 0 Å². The summed E-state index contributed by atoms with van der Waals surface area (Å²) in [4.78, 5) is 22.2. The van der Waals surface area contributed by atoms with E-state index in [2.05, 4.69) is 82.2 Å². The Morgan fingerprint density at radius 2 is 1.65 bits per heavy atom. The van der Waals surface area contributed by atoms with Gasteiger partial charge in [0.1, 0.15) is 6.61 Å². The Labute approximate surface area is 327 Å². The van der Waals surface area contributed by atoms with Crippen LogP contribution in [0, 0.1) is 12.3 Å². The normalized spacial score (nSPS) is 19.3. The van der Waals surface area contributed by atoms with Crippen LogP contribution in [-0.2, 0) is 43.1 Å². The van der Waals surface area contributed by atoms with Gasteiger partial charge in [0.25, 0.3) is 0 Å². The van der Waals surface area contributed by atoms with Crippen molar-refractivity contribution in [3.05, 3.63) is 84.5 Å². The SMILES string of the molecule is [CH2]C1(Cc2c(-c3cc(N4CCN(C(=O)OCc5ccccc5)CC4)cnc3[C@H](C)OC)n(CCOC(C)C)c3ccc(B4OC(C)(C)C(C)(C)O4)cc23)CC1. The number of methoxy groups -OCH3 is 1. The van der Waals surface area contributed by atoms with Crippen LogP contribution in [-0.4, -0.2) is 84.9 Å². The molecule has 1 amide bonds. The Morgan fingerprint density at radius 1 is 0.964 bits per heavy atom.